The summed E-state index contributed by atoms with van der Waals surface area (Å²) in [6.45, 7) is 2.64. The van der Waals surface area contributed by atoms with Gasteiger partial charge in [-0.05, 0) is 44.2 Å². The van der Waals surface area contributed by atoms with Gasteiger partial charge in [0.15, 0.2) is 0 Å². The summed E-state index contributed by atoms with van der Waals surface area (Å²) in [5, 5.41) is 18.9. The van der Waals surface area contributed by atoms with Gasteiger partial charge in [-0.2, -0.15) is 0 Å². The van der Waals surface area contributed by atoms with Crippen LogP contribution < -0.4 is 0 Å². The molecule has 0 saturated carbocycles. The summed E-state index contributed by atoms with van der Waals surface area (Å²) in [7, 11) is 0. The van der Waals surface area contributed by atoms with Crippen molar-refractivity contribution in [3.05, 3.63) is 35.8 Å². The second-order valence-corrected chi connectivity index (χ2v) is 7.35. The minimum atomic E-state index is -0.755. The Morgan fingerprint density at radius 3 is 2.85 bits per heavy atom. The first-order valence-corrected chi connectivity index (χ1v) is 9.87. The Balaban J connectivity index is 1.79. The molecule has 2 N–H and O–H groups in total. The lowest BCUT2D eigenvalue weighted by Gasteiger charge is -2.34. The molecule has 1 aliphatic rings. The van der Waals surface area contributed by atoms with Gasteiger partial charge in [-0.3, -0.25) is 9.59 Å². The summed E-state index contributed by atoms with van der Waals surface area (Å²) >= 11 is 0. The molecule has 0 spiro atoms. The van der Waals surface area contributed by atoms with Gasteiger partial charge in [0.25, 0.3) is 0 Å². The van der Waals surface area contributed by atoms with Crippen molar-refractivity contribution in [1.82, 2.24) is 4.90 Å². The Bertz CT molecular complexity index is 636. The van der Waals surface area contributed by atoms with E-state index in [1.165, 1.54) is 0 Å². The third-order valence-corrected chi connectivity index (χ3v) is 4.90. The second-order valence-electron chi connectivity index (χ2n) is 7.35. The van der Waals surface area contributed by atoms with Gasteiger partial charge in [0, 0.05) is 25.8 Å². The molecule has 0 aliphatic carbocycles. The summed E-state index contributed by atoms with van der Waals surface area (Å²) in [4.78, 5) is 24.7. The molecule has 27 heavy (non-hydrogen) atoms. The molecule has 6 nitrogen and oxygen atoms in total. The molecule has 1 fully saturated rings. The summed E-state index contributed by atoms with van der Waals surface area (Å²) in [6.07, 6.45) is 11.1. The maximum absolute atomic E-state index is 12.3. The van der Waals surface area contributed by atoms with E-state index in [1.807, 2.05) is 24.0 Å². The normalized spacial score (nSPS) is 19.0. The molecule has 2 heterocycles. The quantitative estimate of drug-likeness (QED) is 0.455. The standard InChI is InChI=1S/C21H31NO5/c1-16-13-19(27-15-16)14-18(23)11-10-17-7-6-8-20(24)22(17)12-5-3-2-4-9-21(25)26/h10-11,13,15,17-18,23H,2-9,12,14H2,1H3,(H,25,26)/b11-10+/t17-,18?/m1/s1. The van der Waals surface area contributed by atoms with E-state index in [4.69, 9.17) is 9.52 Å². The Hall–Kier alpha value is -2.08. The fraction of sp³-hybridized carbons (Fsp3) is 0.619. The minimum Gasteiger partial charge on any atom is -0.481 e. The van der Waals surface area contributed by atoms with E-state index >= 15 is 0 Å². The molecule has 1 unspecified atom stereocenters. The molecule has 1 aromatic rings. The fourth-order valence-electron chi connectivity index (χ4n) is 3.48. The van der Waals surface area contributed by atoms with Crippen molar-refractivity contribution >= 4 is 11.9 Å². The number of amides is 1. The monoisotopic (exact) mass is 377 g/mol. The van der Waals surface area contributed by atoms with E-state index < -0.39 is 12.1 Å². The molecule has 6 heteroatoms. The fourth-order valence-corrected chi connectivity index (χ4v) is 3.48. The molecule has 1 amide bonds. The average molecular weight is 377 g/mol. The number of furan rings is 1. The molecule has 0 radical (unpaired) electrons. The van der Waals surface area contributed by atoms with E-state index in [2.05, 4.69) is 0 Å². The highest BCUT2D eigenvalue weighted by Crippen LogP contribution is 2.21. The maximum Gasteiger partial charge on any atom is 0.303 e. The van der Waals surface area contributed by atoms with E-state index in [-0.39, 0.29) is 18.4 Å². The van der Waals surface area contributed by atoms with Crippen molar-refractivity contribution in [3.8, 4) is 0 Å². The smallest absolute Gasteiger partial charge is 0.303 e. The van der Waals surface area contributed by atoms with Crippen LogP contribution in [-0.2, 0) is 16.0 Å². The zero-order chi connectivity index (χ0) is 19.6. The number of carbonyl (C=O) groups excluding carboxylic acids is 1. The highest BCUT2D eigenvalue weighted by molar-refractivity contribution is 5.77. The van der Waals surface area contributed by atoms with E-state index in [1.54, 1.807) is 12.3 Å². The van der Waals surface area contributed by atoms with Crippen LogP contribution in [0.5, 0.6) is 0 Å². The van der Waals surface area contributed by atoms with Gasteiger partial charge in [-0.15, -0.1) is 0 Å². The van der Waals surface area contributed by atoms with Crippen molar-refractivity contribution < 1.29 is 24.2 Å². The first-order chi connectivity index (χ1) is 13.0. The predicted molar refractivity (Wildman–Crippen MR) is 102 cm³/mol. The van der Waals surface area contributed by atoms with Crippen molar-refractivity contribution in [2.45, 2.75) is 76.9 Å². The first kappa shape index (κ1) is 21.2. The number of carboxylic acid groups (broad SMARTS) is 1. The van der Waals surface area contributed by atoms with Crippen molar-refractivity contribution in [3.63, 3.8) is 0 Å². The topological polar surface area (TPSA) is 91.0 Å². The van der Waals surface area contributed by atoms with E-state index in [0.29, 0.717) is 25.8 Å². The lowest BCUT2D eigenvalue weighted by molar-refractivity contribution is -0.137. The molecule has 0 aromatic carbocycles. The van der Waals surface area contributed by atoms with E-state index in [9.17, 15) is 14.7 Å². The number of rotatable bonds is 11. The molecule has 1 aromatic heterocycles. The summed E-state index contributed by atoms with van der Waals surface area (Å²) in [6, 6.07) is 1.94. The molecule has 2 atom stereocenters. The van der Waals surface area contributed by atoms with Gasteiger partial charge in [0.05, 0.1) is 18.4 Å². The highest BCUT2D eigenvalue weighted by Gasteiger charge is 2.25. The number of nitrogens with zero attached hydrogens (tertiary/aromatic N) is 1. The Morgan fingerprint density at radius 2 is 2.15 bits per heavy atom. The number of unbranched alkanes of at least 4 members (excludes halogenated alkanes) is 3. The lowest BCUT2D eigenvalue weighted by Crippen LogP contribution is -2.43. The van der Waals surface area contributed by atoms with Gasteiger partial charge in [-0.25, -0.2) is 0 Å². The number of piperidine rings is 1. The van der Waals surface area contributed by atoms with Gasteiger partial charge in [-0.1, -0.05) is 25.0 Å². The van der Waals surface area contributed by atoms with Gasteiger partial charge in [0.1, 0.15) is 5.76 Å². The van der Waals surface area contributed by atoms with Crippen molar-refractivity contribution in [2.24, 2.45) is 0 Å². The summed E-state index contributed by atoms with van der Waals surface area (Å²) < 4.78 is 5.37. The van der Waals surface area contributed by atoms with Crippen LogP contribution in [0.4, 0.5) is 0 Å². The summed E-state index contributed by atoms with van der Waals surface area (Å²) in [5.74, 6) is 0.162. The van der Waals surface area contributed by atoms with Crippen LogP contribution in [0.15, 0.2) is 28.9 Å². The van der Waals surface area contributed by atoms with Crippen LogP contribution in [0.1, 0.15) is 62.7 Å². The Kier molecular flexibility index (Phi) is 8.58. The molecule has 150 valence electrons. The molecule has 1 aliphatic heterocycles. The second kappa shape index (κ2) is 10.9. The Labute approximate surface area is 160 Å². The molecule has 2 rings (SSSR count). The SMILES string of the molecule is Cc1coc(CC(O)/C=C/[C@H]2CCCC(=O)N2CCCCCCC(=O)O)c1. The molecular weight excluding hydrogens is 346 g/mol. The first-order valence-electron chi connectivity index (χ1n) is 9.87. The number of aliphatic hydroxyl groups excluding tert-OH is 1. The maximum atomic E-state index is 12.3. The van der Waals surface area contributed by atoms with Crippen LogP contribution in [0.2, 0.25) is 0 Å². The van der Waals surface area contributed by atoms with Crippen LogP contribution in [-0.4, -0.2) is 45.7 Å². The average Bonchev–Trinajstić information content (AvgIpc) is 3.02. The summed E-state index contributed by atoms with van der Waals surface area (Å²) in [5.41, 5.74) is 1.04. The lowest BCUT2D eigenvalue weighted by atomic mass is 9.99. The number of likely N-dealkylation sites (tertiary alicyclic amines) is 1. The molecule has 0 bridgehead atoms. The van der Waals surface area contributed by atoms with Crippen molar-refractivity contribution in [1.29, 1.82) is 0 Å². The van der Waals surface area contributed by atoms with Gasteiger partial charge < -0.3 is 19.5 Å². The molecular formula is C21H31NO5. The van der Waals surface area contributed by atoms with Crippen LogP contribution in [0.3, 0.4) is 0 Å². The van der Waals surface area contributed by atoms with Gasteiger partial charge >= 0.3 is 5.97 Å². The van der Waals surface area contributed by atoms with Crippen LogP contribution in [0, 0.1) is 6.92 Å². The Morgan fingerprint density at radius 1 is 1.37 bits per heavy atom. The number of carboxylic acids is 1. The molecule has 1 saturated heterocycles. The third kappa shape index (κ3) is 7.59. The van der Waals surface area contributed by atoms with E-state index in [0.717, 1.165) is 43.4 Å². The highest BCUT2D eigenvalue weighted by atomic mass is 16.4. The predicted octanol–water partition coefficient (Wildman–Crippen LogP) is 3.46. The number of carbonyl (C=O) groups is 2. The number of hydrogen-bond donors (Lipinski definition) is 2. The number of aliphatic hydroxyl groups is 1. The number of hydrogen-bond acceptors (Lipinski definition) is 4. The van der Waals surface area contributed by atoms with Crippen molar-refractivity contribution in [2.75, 3.05) is 6.54 Å². The van der Waals surface area contributed by atoms with Crippen LogP contribution in [0.25, 0.3) is 0 Å². The minimum absolute atomic E-state index is 0.0262. The third-order valence-electron chi connectivity index (χ3n) is 4.90. The number of aliphatic carboxylic acids is 1. The zero-order valence-electron chi connectivity index (χ0n) is 16.1. The number of aryl methyl sites for hydroxylation is 1. The van der Waals surface area contributed by atoms with Gasteiger partial charge in [0.2, 0.25) is 5.91 Å². The van der Waals surface area contributed by atoms with Crippen LogP contribution >= 0.6 is 0 Å². The zero-order valence-corrected chi connectivity index (χ0v) is 16.1. The largest absolute Gasteiger partial charge is 0.481 e.